The minimum atomic E-state index is -0.190. The summed E-state index contributed by atoms with van der Waals surface area (Å²) in [7, 11) is 0. The van der Waals surface area contributed by atoms with E-state index in [2.05, 4.69) is 31.8 Å². The zero-order valence-corrected chi connectivity index (χ0v) is 22.5. The van der Waals surface area contributed by atoms with Crippen molar-refractivity contribution in [2.45, 2.75) is 48.4 Å². The Morgan fingerprint density at radius 2 is 1.92 bits per heavy atom. The number of nitrogens with zero attached hydrogens (tertiary/aromatic N) is 6. The zero-order chi connectivity index (χ0) is 26.3. The highest BCUT2D eigenvalue weighted by atomic mass is 35.5. The molecule has 2 aliphatic rings. The molecule has 0 amide bonds. The molecule has 9 nitrogen and oxygen atoms in total. The second kappa shape index (κ2) is 10.3. The molecule has 2 N–H and O–H groups in total. The van der Waals surface area contributed by atoms with Gasteiger partial charge in [-0.25, -0.2) is 15.0 Å². The third-order valence-corrected chi connectivity index (χ3v) is 9.24. The molecule has 196 valence electrons. The van der Waals surface area contributed by atoms with Crippen LogP contribution in [-0.4, -0.2) is 56.3 Å². The summed E-state index contributed by atoms with van der Waals surface area (Å²) in [6, 6.07) is 7.49. The predicted octanol–water partition coefficient (Wildman–Crippen LogP) is 3.77. The van der Waals surface area contributed by atoms with Crippen LogP contribution in [0.25, 0.3) is 10.9 Å². The summed E-state index contributed by atoms with van der Waals surface area (Å²) in [5.74, 6) is 0.845. The number of anilines is 1. The minimum Gasteiger partial charge on any atom is -0.376 e. The van der Waals surface area contributed by atoms with Crippen LogP contribution in [0.1, 0.15) is 25.3 Å². The maximum Gasteiger partial charge on any atom is 0.263 e. The zero-order valence-electron chi connectivity index (χ0n) is 21.0. The van der Waals surface area contributed by atoms with Gasteiger partial charge in [0.1, 0.15) is 10.8 Å². The van der Waals surface area contributed by atoms with Crippen LogP contribution in [0.4, 0.5) is 5.82 Å². The fraction of sp³-hybridized carbons (Fsp3) is 0.370. The first kappa shape index (κ1) is 25.2. The third-order valence-electron chi connectivity index (χ3n) is 7.76. The molecule has 0 saturated carbocycles. The van der Waals surface area contributed by atoms with Crippen LogP contribution in [0, 0.1) is 5.41 Å². The summed E-state index contributed by atoms with van der Waals surface area (Å²) in [6.45, 7) is 4.94. The molecule has 11 heteroatoms. The van der Waals surface area contributed by atoms with E-state index in [1.165, 1.54) is 11.8 Å². The highest BCUT2D eigenvalue weighted by Gasteiger charge is 2.47. The van der Waals surface area contributed by atoms with Crippen molar-refractivity contribution in [3.05, 3.63) is 76.3 Å². The highest BCUT2D eigenvalue weighted by Crippen LogP contribution is 2.42. The number of hydrogen-bond acceptors (Lipinski definition) is 9. The summed E-state index contributed by atoms with van der Waals surface area (Å²) < 4.78 is 7.39. The number of ether oxygens (including phenoxy) is 1. The van der Waals surface area contributed by atoms with E-state index in [1.54, 1.807) is 35.7 Å². The Labute approximate surface area is 229 Å². The highest BCUT2D eigenvalue weighted by molar-refractivity contribution is 7.99. The Balaban J connectivity index is 1.18. The van der Waals surface area contributed by atoms with Crippen LogP contribution in [0.15, 0.2) is 70.1 Å². The van der Waals surface area contributed by atoms with Gasteiger partial charge in [-0.3, -0.25) is 14.3 Å². The van der Waals surface area contributed by atoms with E-state index in [4.69, 9.17) is 22.1 Å². The molecule has 1 spiro atoms. The molecule has 0 aliphatic carbocycles. The maximum atomic E-state index is 13.3. The van der Waals surface area contributed by atoms with E-state index in [9.17, 15) is 4.79 Å². The number of pyridine rings is 1. The molecule has 6 rings (SSSR count). The maximum absolute atomic E-state index is 13.3. The number of halogens is 1. The number of fused-ring (bicyclic) bond motifs is 1. The van der Waals surface area contributed by atoms with E-state index in [-0.39, 0.29) is 23.1 Å². The van der Waals surface area contributed by atoms with Crippen molar-refractivity contribution in [3.63, 3.8) is 0 Å². The van der Waals surface area contributed by atoms with Crippen LogP contribution in [0.2, 0.25) is 5.02 Å². The molecule has 0 radical (unpaired) electrons. The Kier molecular flexibility index (Phi) is 6.81. The fourth-order valence-electron chi connectivity index (χ4n) is 5.35. The Hall–Kier alpha value is -3.05. The third kappa shape index (κ3) is 4.66. The molecule has 5 heterocycles. The van der Waals surface area contributed by atoms with Crippen LogP contribution < -0.4 is 16.2 Å². The molecule has 4 aromatic rings. The summed E-state index contributed by atoms with van der Waals surface area (Å²) in [5.41, 5.74) is 7.84. The second-order valence-corrected chi connectivity index (χ2v) is 11.5. The number of nitrogens with two attached hydrogens (primary N) is 1. The van der Waals surface area contributed by atoms with Crippen molar-refractivity contribution in [1.82, 2.24) is 24.5 Å². The molecule has 0 bridgehead atoms. The Morgan fingerprint density at radius 1 is 1.13 bits per heavy atom. The van der Waals surface area contributed by atoms with Crippen LogP contribution >= 0.6 is 23.4 Å². The molecule has 3 aromatic heterocycles. The molecule has 0 unspecified atom stereocenters. The number of piperidine rings is 1. The second-order valence-electron chi connectivity index (χ2n) is 10.0. The number of hydrogen-bond donors (Lipinski definition) is 1. The first-order valence-corrected chi connectivity index (χ1v) is 13.8. The van der Waals surface area contributed by atoms with E-state index in [0.717, 1.165) is 48.8 Å². The lowest BCUT2D eigenvalue weighted by molar-refractivity contribution is 0.0974. The lowest BCUT2D eigenvalue weighted by atomic mass is 9.73. The fourth-order valence-corrected chi connectivity index (χ4v) is 6.47. The smallest absolute Gasteiger partial charge is 0.263 e. The van der Waals surface area contributed by atoms with Crippen molar-refractivity contribution in [1.29, 1.82) is 0 Å². The Morgan fingerprint density at radius 3 is 2.61 bits per heavy atom. The Bertz CT molecular complexity index is 1510. The standard InChI is InChI=1S/C27H28ClN7O2S/c1-17-25(29)27(15-37-17)6-10-34(11-7-27)21-12-32-22(13-31-21)38-20-3-2-19-23(24(20)28)26(36)35(16-33-19)14-18-4-8-30-9-5-18/h2-5,8-9,12-13,16-17,25H,6-7,10-11,14-15,29H2,1H3/t17-,25+/m0/s1. The molecule has 1 aromatic carbocycles. The van der Waals surface area contributed by atoms with Gasteiger partial charge in [-0.15, -0.1) is 0 Å². The first-order chi connectivity index (χ1) is 18.4. The summed E-state index contributed by atoms with van der Waals surface area (Å²) in [4.78, 5) is 34.0. The van der Waals surface area contributed by atoms with Gasteiger partial charge in [0.2, 0.25) is 0 Å². The van der Waals surface area contributed by atoms with Crippen LogP contribution in [0.3, 0.4) is 0 Å². The molecular weight excluding hydrogens is 522 g/mol. The van der Waals surface area contributed by atoms with E-state index in [1.807, 2.05) is 24.3 Å². The molecule has 2 atom stereocenters. The van der Waals surface area contributed by atoms with E-state index >= 15 is 0 Å². The van der Waals surface area contributed by atoms with E-state index in [0.29, 0.717) is 27.5 Å². The van der Waals surface area contributed by atoms with Gasteiger partial charge in [-0.05, 0) is 49.6 Å². The lowest BCUT2D eigenvalue weighted by Gasteiger charge is -2.41. The van der Waals surface area contributed by atoms with Crippen molar-refractivity contribution >= 4 is 40.1 Å². The average Bonchev–Trinajstić information content (AvgIpc) is 3.21. The molecule has 2 fully saturated rings. The van der Waals surface area contributed by atoms with Crippen molar-refractivity contribution < 1.29 is 4.74 Å². The van der Waals surface area contributed by atoms with Crippen LogP contribution in [0.5, 0.6) is 0 Å². The number of benzene rings is 1. The average molecular weight is 550 g/mol. The summed E-state index contributed by atoms with van der Waals surface area (Å²) >= 11 is 8.12. The predicted molar refractivity (Wildman–Crippen MR) is 148 cm³/mol. The largest absolute Gasteiger partial charge is 0.376 e. The van der Waals surface area contributed by atoms with Crippen molar-refractivity contribution in [2.75, 3.05) is 24.6 Å². The van der Waals surface area contributed by atoms with Crippen molar-refractivity contribution in [2.24, 2.45) is 11.1 Å². The van der Waals surface area contributed by atoms with E-state index < -0.39 is 0 Å². The topological polar surface area (TPSA) is 112 Å². The lowest BCUT2D eigenvalue weighted by Crippen LogP contribution is -2.50. The summed E-state index contributed by atoms with van der Waals surface area (Å²) in [5, 5.41) is 1.46. The van der Waals surface area contributed by atoms with Crippen molar-refractivity contribution in [3.8, 4) is 0 Å². The normalized spacial score (nSPS) is 20.9. The first-order valence-electron chi connectivity index (χ1n) is 12.6. The number of rotatable bonds is 5. The van der Waals surface area contributed by atoms with Gasteiger partial charge < -0.3 is 15.4 Å². The number of aromatic nitrogens is 5. The van der Waals surface area contributed by atoms with Gasteiger partial charge in [0.25, 0.3) is 5.56 Å². The van der Waals surface area contributed by atoms with Gasteiger partial charge in [0, 0.05) is 41.8 Å². The van der Waals surface area contributed by atoms with Gasteiger partial charge >= 0.3 is 0 Å². The molecule has 38 heavy (non-hydrogen) atoms. The molecule has 2 aliphatic heterocycles. The minimum absolute atomic E-state index is 0.0672. The molecular formula is C27H28ClN7O2S. The van der Waals surface area contributed by atoms with Gasteiger partial charge in [0.05, 0.1) is 53.9 Å². The monoisotopic (exact) mass is 549 g/mol. The van der Waals surface area contributed by atoms with Crippen LogP contribution in [-0.2, 0) is 11.3 Å². The van der Waals surface area contributed by atoms with Gasteiger partial charge in [-0.1, -0.05) is 23.4 Å². The molecule has 2 saturated heterocycles. The SMILES string of the molecule is C[C@@H]1OCC2(CCN(c3cnc(Sc4ccc5ncn(Cc6ccncc6)c(=O)c5c4Cl)cn3)CC2)[C@@H]1N. The quantitative estimate of drug-likeness (QED) is 0.397. The summed E-state index contributed by atoms with van der Waals surface area (Å²) in [6.07, 6.45) is 10.6. The van der Waals surface area contributed by atoms with Gasteiger partial charge in [-0.2, -0.15) is 0 Å². The van der Waals surface area contributed by atoms with Gasteiger partial charge in [0.15, 0.2) is 0 Å².